The summed E-state index contributed by atoms with van der Waals surface area (Å²) in [7, 11) is 2.12. The van der Waals surface area contributed by atoms with Gasteiger partial charge in [-0.3, -0.25) is 9.88 Å². The first-order chi connectivity index (χ1) is 15.3. The Kier molecular flexibility index (Phi) is 5.29. The molecule has 0 saturated heterocycles. The Labute approximate surface area is 182 Å². The van der Waals surface area contributed by atoms with Crippen molar-refractivity contribution in [2.45, 2.75) is 12.3 Å². The van der Waals surface area contributed by atoms with Crippen LogP contribution in [0, 0.1) is 0 Å². The zero-order valence-electron chi connectivity index (χ0n) is 17.4. The van der Waals surface area contributed by atoms with Crippen molar-refractivity contribution in [2.24, 2.45) is 4.99 Å². The number of amidine groups is 1. The zero-order valence-corrected chi connectivity index (χ0v) is 17.4. The highest BCUT2D eigenvalue weighted by Gasteiger charge is 2.31. The molecule has 4 aromatic rings. The monoisotopic (exact) mass is 404 g/mol. The van der Waals surface area contributed by atoms with Crippen LogP contribution in [-0.2, 0) is 0 Å². The molecule has 1 N–H and O–H groups in total. The van der Waals surface area contributed by atoms with Gasteiger partial charge in [-0.25, -0.2) is 4.99 Å². The molecule has 0 aliphatic carbocycles. The average molecular weight is 405 g/mol. The van der Waals surface area contributed by atoms with E-state index in [1.807, 2.05) is 24.4 Å². The SMILES string of the molecule is CN1C(c2ccccc2)N=C(c2cccc(-c3cccnc3)c2)NC1c1ccccc1. The summed E-state index contributed by atoms with van der Waals surface area (Å²) in [5.41, 5.74) is 5.67. The molecule has 5 rings (SSSR count). The fourth-order valence-electron chi connectivity index (χ4n) is 4.05. The minimum Gasteiger partial charge on any atom is -0.350 e. The molecule has 0 amide bonds. The van der Waals surface area contributed by atoms with Gasteiger partial charge >= 0.3 is 0 Å². The van der Waals surface area contributed by atoms with Crippen LogP contribution in [0.25, 0.3) is 11.1 Å². The van der Waals surface area contributed by atoms with Crippen LogP contribution >= 0.6 is 0 Å². The highest BCUT2D eigenvalue weighted by molar-refractivity contribution is 6.00. The summed E-state index contributed by atoms with van der Waals surface area (Å²) in [5.74, 6) is 0.895. The molecule has 0 spiro atoms. The van der Waals surface area contributed by atoms with Gasteiger partial charge in [0.2, 0.25) is 0 Å². The summed E-state index contributed by atoms with van der Waals surface area (Å²) in [5, 5.41) is 3.67. The van der Waals surface area contributed by atoms with Crippen molar-refractivity contribution in [1.29, 1.82) is 0 Å². The van der Waals surface area contributed by atoms with Gasteiger partial charge in [0.05, 0.1) is 0 Å². The molecular weight excluding hydrogens is 380 g/mol. The van der Waals surface area contributed by atoms with E-state index in [2.05, 4.69) is 101 Å². The van der Waals surface area contributed by atoms with Crippen molar-refractivity contribution >= 4 is 5.84 Å². The fraction of sp³-hybridized carbons (Fsp3) is 0.111. The average Bonchev–Trinajstić information content (AvgIpc) is 2.86. The highest BCUT2D eigenvalue weighted by atomic mass is 15.4. The quantitative estimate of drug-likeness (QED) is 0.493. The summed E-state index contributed by atoms with van der Waals surface area (Å²) in [6.07, 6.45) is 3.62. The Morgan fingerprint density at radius 3 is 2.10 bits per heavy atom. The van der Waals surface area contributed by atoms with Crippen LogP contribution in [0.3, 0.4) is 0 Å². The van der Waals surface area contributed by atoms with Gasteiger partial charge in [0.1, 0.15) is 18.2 Å². The molecule has 152 valence electrons. The predicted molar refractivity (Wildman–Crippen MR) is 125 cm³/mol. The van der Waals surface area contributed by atoms with Crippen LogP contribution in [0.4, 0.5) is 0 Å². The van der Waals surface area contributed by atoms with Crippen LogP contribution in [0.1, 0.15) is 29.0 Å². The normalized spacial score (nSPS) is 18.8. The van der Waals surface area contributed by atoms with Crippen molar-refractivity contribution in [3.8, 4) is 11.1 Å². The number of pyridine rings is 1. The number of aliphatic imine (C=N–C) groups is 1. The van der Waals surface area contributed by atoms with E-state index in [1.54, 1.807) is 6.20 Å². The summed E-state index contributed by atoms with van der Waals surface area (Å²) >= 11 is 0. The molecule has 3 aromatic carbocycles. The topological polar surface area (TPSA) is 40.5 Å². The van der Waals surface area contributed by atoms with Crippen molar-refractivity contribution in [3.05, 3.63) is 126 Å². The summed E-state index contributed by atoms with van der Waals surface area (Å²) < 4.78 is 0. The molecule has 2 atom stereocenters. The number of hydrogen-bond acceptors (Lipinski definition) is 4. The second-order valence-corrected chi connectivity index (χ2v) is 7.71. The van der Waals surface area contributed by atoms with E-state index in [4.69, 9.17) is 4.99 Å². The van der Waals surface area contributed by atoms with E-state index < -0.39 is 0 Å². The van der Waals surface area contributed by atoms with Gasteiger partial charge in [0, 0.05) is 23.5 Å². The van der Waals surface area contributed by atoms with Gasteiger partial charge < -0.3 is 5.32 Å². The van der Waals surface area contributed by atoms with E-state index in [9.17, 15) is 0 Å². The van der Waals surface area contributed by atoms with E-state index in [1.165, 1.54) is 11.1 Å². The van der Waals surface area contributed by atoms with Crippen LogP contribution in [0.15, 0.2) is 114 Å². The molecule has 0 fully saturated rings. The lowest BCUT2D eigenvalue weighted by Gasteiger charge is -2.39. The number of nitrogens with one attached hydrogen (secondary N) is 1. The van der Waals surface area contributed by atoms with Gasteiger partial charge in [0.25, 0.3) is 0 Å². The first kappa shape index (κ1) is 19.2. The Morgan fingerprint density at radius 1 is 0.710 bits per heavy atom. The molecule has 1 aliphatic rings. The smallest absolute Gasteiger partial charge is 0.132 e. The van der Waals surface area contributed by atoms with Crippen LogP contribution in [0.2, 0.25) is 0 Å². The third-order valence-corrected chi connectivity index (χ3v) is 5.66. The molecule has 2 heterocycles. The number of hydrogen-bond donors (Lipinski definition) is 1. The molecule has 31 heavy (non-hydrogen) atoms. The van der Waals surface area contributed by atoms with Gasteiger partial charge in [-0.2, -0.15) is 0 Å². The zero-order chi connectivity index (χ0) is 21.0. The Morgan fingerprint density at radius 2 is 1.39 bits per heavy atom. The molecule has 0 radical (unpaired) electrons. The lowest BCUT2D eigenvalue weighted by atomic mass is 10.0. The highest BCUT2D eigenvalue weighted by Crippen LogP contribution is 2.33. The maximum Gasteiger partial charge on any atom is 0.132 e. The molecule has 4 heteroatoms. The summed E-state index contributed by atoms with van der Waals surface area (Å²) in [6, 6.07) is 33.5. The van der Waals surface area contributed by atoms with Crippen LogP contribution in [0.5, 0.6) is 0 Å². The van der Waals surface area contributed by atoms with Crippen molar-refractivity contribution < 1.29 is 0 Å². The minimum absolute atomic E-state index is 0.0148. The Balaban J connectivity index is 1.58. The summed E-state index contributed by atoms with van der Waals surface area (Å²) in [4.78, 5) is 11.7. The maximum atomic E-state index is 5.13. The minimum atomic E-state index is -0.0790. The van der Waals surface area contributed by atoms with Gasteiger partial charge in [0.15, 0.2) is 0 Å². The summed E-state index contributed by atoms with van der Waals surface area (Å²) in [6.45, 7) is 0. The Bertz CT molecular complexity index is 1170. The lowest BCUT2D eigenvalue weighted by Crippen LogP contribution is -2.45. The number of benzene rings is 3. The largest absolute Gasteiger partial charge is 0.350 e. The molecule has 2 unspecified atom stereocenters. The van der Waals surface area contributed by atoms with E-state index in [-0.39, 0.29) is 12.3 Å². The second kappa shape index (κ2) is 8.54. The first-order valence-electron chi connectivity index (χ1n) is 10.5. The van der Waals surface area contributed by atoms with E-state index >= 15 is 0 Å². The molecule has 0 bridgehead atoms. The number of rotatable bonds is 4. The van der Waals surface area contributed by atoms with Crippen LogP contribution < -0.4 is 5.32 Å². The molecular formula is C27H24N4. The molecule has 1 aromatic heterocycles. The van der Waals surface area contributed by atoms with Crippen molar-refractivity contribution in [2.75, 3.05) is 7.05 Å². The Hall–Kier alpha value is -3.76. The van der Waals surface area contributed by atoms with Gasteiger partial charge in [-0.1, -0.05) is 84.9 Å². The van der Waals surface area contributed by atoms with Crippen molar-refractivity contribution in [3.63, 3.8) is 0 Å². The second-order valence-electron chi connectivity index (χ2n) is 7.71. The van der Waals surface area contributed by atoms with Crippen LogP contribution in [-0.4, -0.2) is 22.8 Å². The molecule has 0 saturated carbocycles. The lowest BCUT2D eigenvalue weighted by molar-refractivity contribution is 0.152. The standard InChI is InChI=1S/C27H24N4/c1-31-26(20-10-4-2-5-11-20)29-25(30-27(31)21-12-6-3-7-13-21)23-15-8-14-22(18-23)24-16-9-17-28-19-24/h2-19,26-27H,1H3,(H,29,30). The predicted octanol–water partition coefficient (Wildman–Crippen LogP) is 5.43. The third kappa shape index (κ3) is 3.98. The fourth-order valence-corrected chi connectivity index (χ4v) is 4.05. The van der Waals surface area contributed by atoms with Gasteiger partial charge in [-0.05, 0) is 35.9 Å². The van der Waals surface area contributed by atoms with E-state index in [0.717, 1.165) is 22.5 Å². The maximum absolute atomic E-state index is 5.13. The van der Waals surface area contributed by atoms with E-state index in [0.29, 0.717) is 0 Å². The number of nitrogens with zero attached hydrogens (tertiary/aromatic N) is 3. The van der Waals surface area contributed by atoms with Gasteiger partial charge in [-0.15, -0.1) is 0 Å². The third-order valence-electron chi connectivity index (χ3n) is 5.66. The number of aromatic nitrogens is 1. The molecule has 1 aliphatic heterocycles. The molecule has 4 nitrogen and oxygen atoms in total. The van der Waals surface area contributed by atoms with Crippen molar-refractivity contribution in [1.82, 2.24) is 15.2 Å². The first-order valence-corrected chi connectivity index (χ1v) is 10.5.